The van der Waals surface area contributed by atoms with E-state index >= 15 is 0 Å². The summed E-state index contributed by atoms with van der Waals surface area (Å²) < 4.78 is 4.42. The minimum atomic E-state index is -0.161. The Morgan fingerprint density at radius 1 is 1.80 bits per heavy atom. The lowest BCUT2D eigenvalue weighted by atomic mass is 10.3. The molecule has 0 aliphatic heterocycles. The van der Waals surface area contributed by atoms with Crippen LogP contribution in [0.2, 0.25) is 0 Å². The summed E-state index contributed by atoms with van der Waals surface area (Å²) in [5.41, 5.74) is 10.8. The van der Waals surface area contributed by atoms with Gasteiger partial charge in [-0.3, -0.25) is 0 Å². The summed E-state index contributed by atoms with van der Waals surface area (Å²) in [5.74, 6) is -0.161. The van der Waals surface area contributed by atoms with Crippen molar-refractivity contribution >= 4 is 11.5 Å². The fraction of sp³-hybridized carbons (Fsp3) is 0. The largest absolute Gasteiger partial charge is 0.409 e. The van der Waals surface area contributed by atoms with Crippen LogP contribution in [0, 0.1) is 0 Å². The molecule has 0 fully saturated rings. The maximum absolute atomic E-state index is 8.16. The van der Waals surface area contributed by atoms with E-state index < -0.39 is 0 Å². The first kappa shape index (κ1) is 6.40. The van der Waals surface area contributed by atoms with Crippen LogP contribution in [-0.2, 0) is 0 Å². The second kappa shape index (κ2) is 2.26. The second-order valence-corrected chi connectivity index (χ2v) is 1.60. The Morgan fingerprint density at radius 3 is 2.90 bits per heavy atom. The number of amidine groups is 1. The molecule has 54 valence electrons. The molecular formula is C4H6N4O2. The van der Waals surface area contributed by atoms with Crippen LogP contribution in [0.1, 0.15) is 5.69 Å². The Hall–Kier alpha value is -1.72. The van der Waals surface area contributed by atoms with Gasteiger partial charge in [-0.15, -0.1) is 0 Å². The molecule has 6 heteroatoms. The zero-order valence-corrected chi connectivity index (χ0v) is 4.98. The number of hydrogen-bond acceptors (Lipinski definition) is 5. The molecule has 1 heterocycles. The Morgan fingerprint density at radius 2 is 2.50 bits per heavy atom. The molecule has 0 aromatic carbocycles. The molecule has 6 nitrogen and oxygen atoms in total. The Labute approximate surface area is 56.1 Å². The minimum Gasteiger partial charge on any atom is -0.409 e. The van der Waals surface area contributed by atoms with Crippen LogP contribution in [-0.4, -0.2) is 16.2 Å². The fourth-order valence-corrected chi connectivity index (χ4v) is 0.486. The lowest BCUT2D eigenvalue weighted by Crippen LogP contribution is -2.15. The molecule has 0 unspecified atom stereocenters. The van der Waals surface area contributed by atoms with Crippen LogP contribution in [0.3, 0.4) is 0 Å². The topological polar surface area (TPSA) is 111 Å². The normalized spacial score (nSPS) is 11.8. The first-order valence-corrected chi connectivity index (χ1v) is 2.43. The molecule has 10 heavy (non-hydrogen) atoms. The predicted octanol–water partition coefficient (Wildman–Crippen LogP) is -0.649. The molecular weight excluding hydrogens is 136 g/mol. The van der Waals surface area contributed by atoms with Crippen LogP contribution in [0.5, 0.6) is 0 Å². The van der Waals surface area contributed by atoms with Crippen molar-refractivity contribution < 1.29 is 9.73 Å². The van der Waals surface area contributed by atoms with E-state index in [0.717, 1.165) is 0 Å². The van der Waals surface area contributed by atoms with E-state index in [9.17, 15) is 0 Å². The maximum atomic E-state index is 8.16. The highest BCUT2D eigenvalue weighted by Gasteiger charge is 2.07. The van der Waals surface area contributed by atoms with Crippen LogP contribution in [0.4, 0.5) is 5.69 Å². The van der Waals surface area contributed by atoms with Crippen molar-refractivity contribution in [2.24, 2.45) is 10.9 Å². The summed E-state index contributed by atoms with van der Waals surface area (Å²) in [7, 11) is 0. The third kappa shape index (κ3) is 0.859. The predicted molar refractivity (Wildman–Crippen MR) is 33.4 cm³/mol. The van der Waals surface area contributed by atoms with E-state index in [2.05, 4.69) is 14.8 Å². The Bertz CT molecular complexity index is 254. The molecule has 0 saturated heterocycles. The smallest absolute Gasteiger partial charge is 0.194 e. The molecule has 0 spiro atoms. The monoisotopic (exact) mass is 142 g/mol. The van der Waals surface area contributed by atoms with Crippen LogP contribution in [0.15, 0.2) is 15.9 Å². The number of aromatic nitrogens is 1. The van der Waals surface area contributed by atoms with Gasteiger partial charge in [0.25, 0.3) is 0 Å². The van der Waals surface area contributed by atoms with Crippen molar-refractivity contribution in [2.45, 2.75) is 0 Å². The molecule has 0 atom stereocenters. The number of anilines is 1. The van der Waals surface area contributed by atoms with Gasteiger partial charge in [0, 0.05) is 0 Å². The van der Waals surface area contributed by atoms with E-state index in [1.165, 1.54) is 6.26 Å². The molecule has 5 N–H and O–H groups in total. The maximum Gasteiger partial charge on any atom is 0.194 e. The number of hydrogen-bond donors (Lipinski definition) is 3. The lowest BCUT2D eigenvalue weighted by Gasteiger charge is -1.89. The van der Waals surface area contributed by atoms with E-state index in [1.54, 1.807) is 0 Å². The zero-order chi connectivity index (χ0) is 7.56. The van der Waals surface area contributed by atoms with Gasteiger partial charge < -0.3 is 21.2 Å². The standard InChI is InChI=1S/C4H6N4O2/c5-2-1-10-8-3(2)4(6)7-9/h1,9H,5H2,(H2,6,7). The number of rotatable bonds is 1. The van der Waals surface area contributed by atoms with E-state index in [1.807, 2.05) is 0 Å². The first-order valence-electron chi connectivity index (χ1n) is 2.43. The third-order valence-electron chi connectivity index (χ3n) is 0.947. The molecule has 0 saturated carbocycles. The average molecular weight is 142 g/mol. The number of nitrogens with two attached hydrogens (primary N) is 2. The zero-order valence-electron chi connectivity index (χ0n) is 4.98. The lowest BCUT2D eigenvalue weighted by molar-refractivity contribution is 0.318. The summed E-state index contributed by atoms with van der Waals surface area (Å²) in [5, 5.41) is 14.2. The summed E-state index contributed by atoms with van der Waals surface area (Å²) >= 11 is 0. The summed E-state index contributed by atoms with van der Waals surface area (Å²) in [6, 6.07) is 0. The summed E-state index contributed by atoms with van der Waals surface area (Å²) in [4.78, 5) is 0. The molecule has 0 aliphatic rings. The second-order valence-electron chi connectivity index (χ2n) is 1.60. The average Bonchev–Trinajstić information content (AvgIpc) is 2.34. The molecule has 0 radical (unpaired) electrons. The van der Waals surface area contributed by atoms with Gasteiger partial charge in [0.2, 0.25) is 0 Å². The van der Waals surface area contributed by atoms with E-state index in [0.29, 0.717) is 0 Å². The van der Waals surface area contributed by atoms with Gasteiger partial charge >= 0.3 is 0 Å². The van der Waals surface area contributed by atoms with Crippen molar-refractivity contribution in [1.82, 2.24) is 5.16 Å². The molecule has 0 amide bonds. The fourth-order valence-electron chi connectivity index (χ4n) is 0.486. The van der Waals surface area contributed by atoms with Crippen LogP contribution >= 0.6 is 0 Å². The van der Waals surface area contributed by atoms with Crippen molar-refractivity contribution in [3.8, 4) is 0 Å². The van der Waals surface area contributed by atoms with Crippen molar-refractivity contribution in [2.75, 3.05) is 5.73 Å². The van der Waals surface area contributed by atoms with Gasteiger partial charge in [-0.25, -0.2) is 0 Å². The number of nitrogen functional groups attached to an aromatic ring is 1. The quantitative estimate of drug-likeness (QED) is 0.209. The Balaban J connectivity index is 3.05. The van der Waals surface area contributed by atoms with Crippen molar-refractivity contribution in [3.05, 3.63) is 12.0 Å². The number of nitrogens with zero attached hydrogens (tertiary/aromatic N) is 2. The molecule has 1 aromatic heterocycles. The minimum absolute atomic E-state index is 0.155. The first-order chi connectivity index (χ1) is 4.75. The SMILES string of the molecule is N/C(=N\O)c1nocc1N. The van der Waals surface area contributed by atoms with E-state index in [4.69, 9.17) is 16.7 Å². The van der Waals surface area contributed by atoms with Gasteiger partial charge in [-0.2, -0.15) is 0 Å². The summed E-state index contributed by atoms with van der Waals surface area (Å²) in [6.07, 6.45) is 1.20. The van der Waals surface area contributed by atoms with Crippen molar-refractivity contribution in [1.29, 1.82) is 0 Å². The van der Waals surface area contributed by atoms with Crippen molar-refractivity contribution in [3.63, 3.8) is 0 Å². The van der Waals surface area contributed by atoms with Gasteiger partial charge in [-0.05, 0) is 0 Å². The van der Waals surface area contributed by atoms with Crippen LogP contribution < -0.4 is 11.5 Å². The molecule has 1 aromatic rings. The highest BCUT2D eigenvalue weighted by Crippen LogP contribution is 2.06. The summed E-state index contributed by atoms with van der Waals surface area (Å²) in [6.45, 7) is 0. The molecule has 0 bridgehead atoms. The number of oxime groups is 1. The molecule has 1 rings (SSSR count). The van der Waals surface area contributed by atoms with Gasteiger partial charge in [-0.1, -0.05) is 10.3 Å². The highest BCUT2D eigenvalue weighted by atomic mass is 16.5. The molecule has 0 aliphatic carbocycles. The van der Waals surface area contributed by atoms with Gasteiger partial charge in [0.1, 0.15) is 12.0 Å². The van der Waals surface area contributed by atoms with Gasteiger partial charge in [0.05, 0.1) is 0 Å². The van der Waals surface area contributed by atoms with Crippen LogP contribution in [0.25, 0.3) is 0 Å². The highest BCUT2D eigenvalue weighted by molar-refractivity contribution is 5.99. The van der Waals surface area contributed by atoms with Gasteiger partial charge in [0.15, 0.2) is 11.5 Å². The Kier molecular flexibility index (Phi) is 1.44. The van der Waals surface area contributed by atoms with E-state index in [-0.39, 0.29) is 17.2 Å². The third-order valence-corrected chi connectivity index (χ3v) is 0.947.